The molecule has 9 heteroatoms. The van der Waals surface area contributed by atoms with Crippen molar-refractivity contribution < 1.29 is 32.9 Å². The van der Waals surface area contributed by atoms with Gasteiger partial charge in [0.2, 0.25) is 5.91 Å². The zero-order chi connectivity index (χ0) is 42.1. The Labute approximate surface area is 355 Å². The minimum absolute atomic E-state index is 0.0783. The second-order valence-corrected chi connectivity index (χ2v) is 20.0. The monoisotopic (exact) mass is 832 g/mol. The molecule has 0 aliphatic carbocycles. The van der Waals surface area contributed by atoms with Crippen LogP contribution in [0.5, 0.6) is 0 Å². The second-order valence-electron chi connectivity index (χ2n) is 18.6. The number of nitrogens with one attached hydrogen (secondary N) is 1. The van der Waals surface area contributed by atoms with E-state index in [9.17, 15) is 19.4 Å². The lowest BCUT2D eigenvalue weighted by Gasteiger charge is -2.26. The highest BCUT2D eigenvalue weighted by Crippen LogP contribution is 2.43. The summed E-state index contributed by atoms with van der Waals surface area (Å²) in [4.78, 5) is 23.0. The summed E-state index contributed by atoms with van der Waals surface area (Å²) in [7, 11) is 1.63. The third-order valence-electron chi connectivity index (χ3n) is 11.6. The summed E-state index contributed by atoms with van der Waals surface area (Å²) in [5.74, 6) is -0.146. The quantitative estimate of drug-likeness (QED) is 0.0321. The Kier molecular flexibility index (Phi) is 40.5. The van der Waals surface area contributed by atoms with Crippen molar-refractivity contribution in [3.05, 3.63) is 0 Å². The summed E-state index contributed by atoms with van der Waals surface area (Å²) in [5, 5.41) is 13.9. The second kappa shape index (κ2) is 40.9. The number of rotatable bonds is 46. The van der Waals surface area contributed by atoms with Gasteiger partial charge >= 0.3 is 7.82 Å². The minimum atomic E-state index is -4.30. The third-order valence-corrected chi connectivity index (χ3v) is 12.6. The van der Waals surface area contributed by atoms with Crippen LogP contribution in [-0.2, 0) is 18.4 Å². The van der Waals surface area contributed by atoms with Crippen molar-refractivity contribution in [1.29, 1.82) is 0 Å². The van der Waals surface area contributed by atoms with Crippen LogP contribution in [0.1, 0.15) is 251 Å². The van der Waals surface area contributed by atoms with E-state index in [0.29, 0.717) is 23.9 Å². The predicted octanol–water partition coefficient (Wildman–Crippen LogP) is 14.1. The van der Waals surface area contributed by atoms with E-state index in [2.05, 4.69) is 19.2 Å². The Hall–Kier alpha value is -0.500. The number of phosphoric ester groups is 1. The molecule has 0 heterocycles. The molecular formula is C48H100N2O6P+. The number of aliphatic hydroxyl groups excluding tert-OH is 1. The maximum atomic E-state index is 12.8. The molecule has 0 bridgehead atoms. The number of nitrogens with zero attached hydrogens (tertiary/aromatic N) is 1. The molecule has 8 nitrogen and oxygen atoms in total. The Balaban J connectivity index is 4.00. The van der Waals surface area contributed by atoms with Crippen LogP contribution in [0.25, 0.3) is 0 Å². The van der Waals surface area contributed by atoms with Crippen molar-refractivity contribution in [3.63, 3.8) is 0 Å². The molecule has 3 atom stereocenters. The Morgan fingerprint density at radius 2 is 0.842 bits per heavy atom. The fourth-order valence-corrected chi connectivity index (χ4v) is 8.37. The summed E-state index contributed by atoms with van der Waals surface area (Å²) < 4.78 is 23.6. The van der Waals surface area contributed by atoms with Gasteiger partial charge in [-0.1, -0.05) is 232 Å². The lowest BCUT2D eigenvalue weighted by molar-refractivity contribution is -0.870. The number of phosphoric acid groups is 1. The number of hydrogen-bond acceptors (Lipinski definition) is 5. The molecule has 0 saturated carbocycles. The molecule has 0 radical (unpaired) electrons. The van der Waals surface area contributed by atoms with Crippen LogP contribution in [0.3, 0.4) is 0 Å². The number of quaternary nitrogens is 1. The summed E-state index contributed by atoms with van der Waals surface area (Å²) in [6, 6.07) is -0.752. The lowest BCUT2D eigenvalue weighted by Crippen LogP contribution is -2.46. The first-order valence-corrected chi connectivity index (χ1v) is 26.4. The van der Waals surface area contributed by atoms with Gasteiger partial charge in [0.15, 0.2) is 0 Å². The van der Waals surface area contributed by atoms with Gasteiger partial charge in [-0.3, -0.25) is 13.8 Å². The molecule has 57 heavy (non-hydrogen) atoms. The highest BCUT2D eigenvalue weighted by Gasteiger charge is 2.28. The first-order valence-electron chi connectivity index (χ1n) is 24.9. The maximum absolute atomic E-state index is 12.8. The van der Waals surface area contributed by atoms with Crippen LogP contribution >= 0.6 is 7.82 Å². The van der Waals surface area contributed by atoms with E-state index >= 15 is 0 Å². The van der Waals surface area contributed by atoms with Gasteiger partial charge in [-0.2, -0.15) is 0 Å². The Bertz CT molecular complexity index is 901. The van der Waals surface area contributed by atoms with Crippen molar-refractivity contribution in [2.75, 3.05) is 40.9 Å². The number of unbranched alkanes of at least 4 members (excludes halogenated alkanes) is 33. The molecule has 0 aromatic heterocycles. The third kappa shape index (κ3) is 43.4. The number of amides is 1. The Morgan fingerprint density at radius 1 is 0.526 bits per heavy atom. The topological polar surface area (TPSA) is 105 Å². The molecule has 0 aromatic carbocycles. The lowest BCUT2D eigenvalue weighted by atomic mass is 10.0. The molecule has 0 saturated heterocycles. The van der Waals surface area contributed by atoms with E-state index in [1.165, 1.54) is 186 Å². The molecule has 3 N–H and O–H groups in total. The van der Waals surface area contributed by atoms with Gasteiger partial charge in [0, 0.05) is 6.42 Å². The number of aliphatic hydroxyl groups is 1. The average Bonchev–Trinajstić information content (AvgIpc) is 3.16. The summed E-state index contributed by atoms with van der Waals surface area (Å²) >= 11 is 0. The van der Waals surface area contributed by atoms with Crippen molar-refractivity contribution in [1.82, 2.24) is 5.32 Å². The van der Waals surface area contributed by atoms with Crippen LogP contribution < -0.4 is 5.32 Å². The van der Waals surface area contributed by atoms with Crippen molar-refractivity contribution in [3.8, 4) is 0 Å². The highest BCUT2D eigenvalue weighted by molar-refractivity contribution is 7.47. The van der Waals surface area contributed by atoms with Crippen LogP contribution in [0.15, 0.2) is 0 Å². The van der Waals surface area contributed by atoms with E-state index in [4.69, 9.17) is 9.05 Å². The van der Waals surface area contributed by atoms with Gasteiger partial charge in [-0.05, 0) is 12.8 Å². The number of carbonyl (C=O) groups excluding carboxylic acids is 1. The van der Waals surface area contributed by atoms with E-state index in [0.717, 1.165) is 38.5 Å². The van der Waals surface area contributed by atoms with Crippen LogP contribution in [0, 0.1) is 0 Å². The number of likely N-dealkylation sites (N-methyl/N-ethyl adjacent to an activating group) is 1. The van der Waals surface area contributed by atoms with Gasteiger partial charge in [0.1, 0.15) is 13.2 Å². The highest BCUT2D eigenvalue weighted by atomic mass is 31.2. The normalized spacial score (nSPS) is 14.2. The van der Waals surface area contributed by atoms with Crippen molar-refractivity contribution in [2.45, 2.75) is 264 Å². The zero-order valence-corrected chi connectivity index (χ0v) is 39.8. The SMILES string of the molecule is CCCCCCCCCCCCCCCCCCCCCCCCCCCCCC(O)C(COP(=O)(O)OCC[N+](C)(C)C)NC(=O)CCCCCCCCCC. The first kappa shape index (κ1) is 56.5. The summed E-state index contributed by atoms with van der Waals surface area (Å²) in [5.41, 5.74) is 0. The van der Waals surface area contributed by atoms with Gasteiger partial charge < -0.3 is 19.8 Å². The van der Waals surface area contributed by atoms with Crippen molar-refractivity contribution in [2.24, 2.45) is 0 Å². The zero-order valence-electron chi connectivity index (χ0n) is 38.9. The van der Waals surface area contributed by atoms with Crippen LogP contribution in [0.4, 0.5) is 0 Å². The van der Waals surface area contributed by atoms with E-state index < -0.39 is 20.0 Å². The molecule has 0 fully saturated rings. The standard InChI is InChI=1S/C48H99N2O6P/c1-6-8-10-12-14-16-17-18-19-20-21-22-23-24-25-26-27-28-29-30-31-32-33-34-35-37-39-41-47(51)46(45-56-57(53,54)55-44-43-50(3,4)5)49-48(52)42-40-38-36-15-13-11-9-7-2/h46-47,51H,6-45H2,1-5H3,(H-,49,52,53,54)/p+1. The van der Waals surface area contributed by atoms with E-state index in [1.807, 2.05) is 21.1 Å². The van der Waals surface area contributed by atoms with Crippen LogP contribution in [-0.4, -0.2) is 73.4 Å². The number of hydrogen-bond donors (Lipinski definition) is 3. The summed E-state index contributed by atoms with van der Waals surface area (Å²) in [6.07, 6.45) is 46.0. The molecular weight excluding hydrogens is 732 g/mol. The maximum Gasteiger partial charge on any atom is 0.472 e. The molecule has 3 unspecified atom stereocenters. The van der Waals surface area contributed by atoms with Gasteiger partial charge in [0.05, 0.1) is 39.9 Å². The Morgan fingerprint density at radius 3 is 1.18 bits per heavy atom. The molecule has 0 rings (SSSR count). The largest absolute Gasteiger partial charge is 0.472 e. The van der Waals surface area contributed by atoms with E-state index in [-0.39, 0.29) is 19.1 Å². The van der Waals surface area contributed by atoms with E-state index in [1.54, 1.807) is 0 Å². The molecule has 342 valence electrons. The fourth-order valence-electron chi connectivity index (χ4n) is 7.64. The molecule has 0 aliphatic rings. The van der Waals surface area contributed by atoms with Gasteiger partial charge in [-0.15, -0.1) is 0 Å². The molecule has 0 spiro atoms. The first-order chi connectivity index (χ1) is 27.5. The van der Waals surface area contributed by atoms with Crippen LogP contribution in [0.2, 0.25) is 0 Å². The predicted molar refractivity (Wildman–Crippen MR) is 245 cm³/mol. The van der Waals surface area contributed by atoms with Gasteiger partial charge in [-0.25, -0.2) is 4.57 Å². The molecule has 0 aliphatic heterocycles. The molecule has 0 aromatic rings. The van der Waals surface area contributed by atoms with Gasteiger partial charge in [0.25, 0.3) is 0 Å². The average molecular weight is 832 g/mol. The fraction of sp³-hybridized carbons (Fsp3) is 0.979. The smallest absolute Gasteiger partial charge is 0.391 e. The number of carbonyl (C=O) groups is 1. The van der Waals surface area contributed by atoms with Crippen molar-refractivity contribution >= 4 is 13.7 Å². The summed E-state index contributed by atoms with van der Waals surface area (Å²) in [6.45, 7) is 4.88. The molecule has 1 amide bonds. The minimum Gasteiger partial charge on any atom is -0.391 e.